The van der Waals surface area contributed by atoms with E-state index in [1.165, 1.54) is 12.8 Å². The van der Waals surface area contributed by atoms with Gasteiger partial charge in [0.2, 0.25) is 11.8 Å². The van der Waals surface area contributed by atoms with Crippen LogP contribution in [0.15, 0.2) is 0 Å². The molecule has 102 valence electrons. The molecule has 1 saturated carbocycles. The Morgan fingerprint density at radius 3 is 2.61 bits per heavy atom. The van der Waals surface area contributed by atoms with E-state index in [2.05, 4.69) is 29.6 Å². The molecule has 2 amide bonds. The molecule has 0 aromatic rings. The maximum absolute atomic E-state index is 12.0. The molecule has 18 heavy (non-hydrogen) atoms. The second kappa shape index (κ2) is 5.26. The first kappa shape index (κ1) is 13.3. The van der Waals surface area contributed by atoms with E-state index in [0.717, 1.165) is 12.8 Å². The summed E-state index contributed by atoms with van der Waals surface area (Å²) in [7, 11) is 4.16. The zero-order valence-corrected chi connectivity index (χ0v) is 11.3. The number of carbonyl (C=O) groups excluding carboxylic acids is 2. The fourth-order valence-electron chi connectivity index (χ4n) is 3.00. The van der Waals surface area contributed by atoms with Crippen molar-refractivity contribution in [1.29, 1.82) is 0 Å². The van der Waals surface area contributed by atoms with E-state index in [-0.39, 0.29) is 23.3 Å². The molecule has 0 spiro atoms. The van der Waals surface area contributed by atoms with Gasteiger partial charge < -0.3 is 15.5 Å². The maximum Gasteiger partial charge on any atom is 0.225 e. The zero-order chi connectivity index (χ0) is 13.2. The van der Waals surface area contributed by atoms with Crippen LogP contribution in [0.4, 0.5) is 0 Å². The molecule has 1 atom stereocenters. The van der Waals surface area contributed by atoms with Gasteiger partial charge in [0.05, 0.1) is 5.92 Å². The summed E-state index contributed by atoms with van der Waals surface area (Å²) in [4.78, 5) is 25.3. The van der Waals surface area contributed by atoms with Gasteiger partial charge in [0, 0.05) is 25.0 Å². The second-order valence-corrected chi connectivity index (χ2v) is 5.75. The van der Waals surface area contributed by atoms with Crippen LogP contribution in [0.2, 0.25) is 0 Å². The fourth-order valence-corrected chi connectivity index (χ4v) is 3.00. The Morgan fingerprint density at radius 2 is 2.11 bits per heavy atom. The van der Waals surface area contributed by atoms with Crippen LogP contribution in [-0.2, 0) is 9.59 Å². The SMILES string of the molecule is CN(C)C1(CNC(=O)C2CNC(=O)C2)CCCC1. The van der Waals surface area contributed by atoms with E-state index in [0.29, 0.717) is 19.5 Å². The van der Waals surface area contributed by atoms with E-state index in [1.807, 2.05) is 0 Å². The molecule has 1 unspecified atom stereocenters. The zero-order valence-electron chi connectivity index (χ0n) is 11.3. The Bertz CT molecular complexity index is 335. The molecule has 0 aromatic heterocycles. The highest BCUT2D eigenvalue weighted by molar-refractivity contribution is 5.89. The summed E-state index contributed by atoms with van der Waals surface area (Å²) < 4.78 is 0. The highest BCUT2D eigenvalue weighted by Gasteiger charge is 2.37. The van der Waals surface area contributed by atoms with Gasteiger partial charge in [-0.3, -0.25) is 9.59 Å². The lowest BCUT2D eigenvalue weighted by molar-refractivity contribution is -0.127. The number of nitrogens with one attached hydrogen (secondary N) is 2. The highest BCUT2D eigenvalue weighted by atomic mass is 16.2. The molecule has 2 N–H and O–H groups in total. The minimum absolute atomic E-state index is 0.0153. The summed E-state index contributed by atoms with van der Waals surface area (Å²) in [6, 6.07) is 0. The Kier molecular flexibility index (Phi) is 3.90. The molecule has 0 radical (unpaired) electrons. The van der Waals surface area contributed by atoms with Gasteiger partial charge in [-0.05, 0) is 26.9 Å². The van der Waals surface area contributed by atoms with Crippen molar-refractivity contribution in [3.05, 3.63) is 0 Å². The molecular formula is C13H23N3O2. The van der Waals surface area contributed by atoms with Crippen LogP contribution in [0.25, 0.3) is 0 Å². The van der Waals surface area contributed by atoms with E-state index in [1.54, 1.807) is 0 Å². The average Bonchev–Trinajstić information content (AvgIpc) is 2.95. The molecular weight excluding hydrogens is 230 g/mol. The number of rotatable bonds is 4. The van der Waals surface area contributed by atoms with Gasteiger partial charge in [-0.1, -0.05) is 12.8 Å². The van der Waals surface area contributed by atoms with Crippen molar-refractivity contribution in [2.75, 3.05) is 27.2 Å². The smallest absolute Gasteiger partial charge is 0.225 e. The largest absolute Gasteiger partial charge is 0.355 e. The summed E-state index contributed by atoms with van der Waals surface area (Å²) in [6.45, 7) is 1.18. The number of hydrogen-bond donors (Lipinski definition) is 2. The van der Waals surface area contributed by atoms with E-state index >= 15 is 0 Å². The normalized spacial score (nSPS) is 26.4. The standard InChI is InChI=1S/C13H23N3O2/c1-16(2)13(5-3-4-6-13)9-15-12(18)10-7-11(17)14-8-10/h10H,3-9H2,1-2H3,(H,14,17)(H,15,18). The van der Waals surface area contributed by atoms with Crippen LogP contribution < -0.4 is 10.6 Å². The van der Waals surface area contributed by atoms with E-state index in [4.69, 9.17) is 0 Å². The van der Waals surface area contributed by atoms with Crippen molar-refractivity contribution >= 4 is 11.8 Å². The summed E-state index contributed by atoms with van der Waals surface area (Å²) in [5.74, 6) is -0.182. The molecule has 1 aliphatic carbocycles. The quantitative estimate of drug-likeness (QED) is 0.748. The van der Waals surface area contributed by atoms with Crippen molar-refractivity contribution < 1.29 is 9.59 Å². The first-order valence-electron chi connectivity index (χ1n) is 6.75. The van der Waals surface area contributed by atoms with Gasteiger partial charge in [0.1, 0.15) is 0 Å². The average molecular weight is 253 g/mol. The fraction of sp³-hybridized carbons (Fsp3) is 0.846. The van der Waals surface area contributed by atoms with Crippen molar-refractivity contribution in [1.82, 2.24) is 15.5 Å². The van der Waals surface area contributed by atoms with Crippen molar-refractivity contribution in [2.24, 2.45) is 5.92 Å². The van der Waals surface area contributed by atoms with Crippen molar-refractivity contribution in [3.8, 4) is 0 Å². The van der Waals surface area contributed by atoms with Gasteiger partial charge in [0.15, 0.2) is 0 Å². The van der Waals surface area contributed by atoms with Crippen LogP contribution in [0.5, 0.6) is 0 Å². The predicted octanol–water partition coefficient (Wildman–Crippen LogP) is 0.113. The lowest BCUT2D eigenvalue weighted by atomic mass is 9.95. The minimum atomic E-state index is -0.182. The van der Waals surface area contributed by atoms with Gasteiger partial charge in [-0.15, -0.1) is 0 Å². The molecule has 0 bridgehead atoms. The maximum atomic E-state index is 12.0. The third-order valence-electron chi connectivity index (χ3n) is 4.42. The van der Waals surface area contributed by atoms with E-state index in [9.17, 15) is 9.59 Å². The molecule has 0 aromatic carbocycles. The molecule has 2 fully saturated rings. The third kappa shape index (κ3) is 2.66. The van der Waals surface area contributed by atoms with Crippen LogP contribution in [-0.4, -0.2) is 49.4 Å². The van der Waals surface area contributed by atoms with Crippen LogP contribution in [0.3, 0.4) is 0 Å². The number of carbonyl (C=O) groups is 2. The van der Waals surface area contributed by atoms with Gasteiger partial charge in [0.25, 0.3) is 0 Å². The highest BCUT2D eigenvalue weighted by Crippen LogP contribution is 2.33. The summed E-state index contributed by atoms with van der Waals surface area (Å²) >= 11 is 0. The number of nitrogens with zero attached hydrogens (tertiary/aromatic N) is 1. The Hall–Kier alpha value is -1.10. The number of amides is 2. The van der Waals surface area contributed by atoms with Crippen LogP contribution in [0.1, 0.15) is 32.1 Å². The molecule has 2 rings (SSSR count). The predicted molar refractivity (Wildman–Crippen MR) is 69.0 cm³/mol. The van der Waals surface area contributed by atoms with Crippen molar-refractivity contribution in [3.63, 3.8) is 0 Å². The Balaban J connectivity index is 1.86. The monoisotopic (exact) mass is 253 g/mol. The lowest BCUT2D eigenvalue weighted by Crippen LogP contribution is -2.51. The second-order valence-electron chi connectivity index (χ2n) is 5.75. The number of hydrogen-bond acceptors (Lipinski definition) is 3. The minimum Gasteiger partial charge on any atom is -0.355 e. The Morgan fingerprint density at radius 1 is 1.44 bits per heavy atom. The lowest BCUT2D eigenvalue weighted by Gasteiger charge is -2.36. The molecule has 1 saturated heterocycles. The Labute approximate surface area is 108 Å². The first-order chi connectivity index (χ1) is 8.53. The molecule has 1 aliphatic heterocycles. The summed E-state index contributed by atoms with van der Waals surface area (Å²) in [6.07, 6.45) is 5.08. The molecule has 1 heterocycles. The van der Waals surface area contributed by atoms with Gasteiger partial charge in [-0.2, -0.15) is 0 Å². The first-order valence-corrected chi connectivity index (χ1v) is 6.75. The van der Waals surface area contributed by atoms with Gasteiger partial charge in [-0.25, -0.2) is 0 Å². The topological polar surface area (TPSA) is 61.4 Å². The third-order valence-corrected chi connectivity index (χ3v) is 4.42. The molecule has 5 heteroatoms. The van der Waals surface area contributed by atoms with Crippen LogP contribution in [0, 0.1) is 5.92 Å². The van der Waals surface area contributed by atoms with Crippen LogP contribution >= 0.6 is 0 Å². The molecule has 5 nitrogen and oxygen atoms in total. The summed E-state index contributed by atoms with van der Waals surface area (Å²) in [5.41, 5.74) is 0.117. The van der Waals surface area contributed by atoms with Crippen molar-refractivity contribution in [2.45, 2.75) is 37.6 Å². The summed E-state index contributed by atoms with van der Waals surface area (Å²) in [5, 5.41) is 5.74. The number of likely N-dealkylation sites (N-methyl/N-ethyl adjacent to an activating group) is 1. The molecule has 2 aliphatic rings. The van der Waals surface area contributed by atoms with E-state index < -0.39 is 0 Å². The van der Waals surface area contributed by atoms with Gasteiger partial charge >= 0.3 is 0 Å².